The fourth-order valence-electron chi connectivity index (χ4n) is 2.67. The number of aliphatic hydroxyl groups is 1. The second-order valence-electron chi connectivity index (χ2n) is 5.45. The molecule has 6 nitrogen and oxygen atoms in total. The number of carbonyl (C=O) groups is 2. The molecule has 2 aromatic rings. The van der Waals surface area contributed by atoms with E-state index in [-0.39, 0.29) is 33.2 Å². The Labute approximate surface area is 155 Å². The monoisotopic (exact) mass is 369 g/mol. The number of methoxy groups -OCH3 is 2. The van der Waals surface area contributed by atoms with Gasteiger partial charge < -0.3 is 19.9 Å². The van der Waals surface area contributed by atoms with Crippen molar-refractivity contribution in [3.8, 4) is 11.5 Å². The van der Waals surface area contributed by atoms with Crippen molar-refractivity contribution in [3.05, 3.63) is 59.2 Å². The zero-order chi connectivity index (χ0) is 18.8. The molecule has 0 aliphatic heterocycles. The molecular weight excluding hydrogens is 354 g/mol. The number of ketones is 2. The average molecular weight is 369 g/mol. The number of thiocarbonyl (C=S) groups is 1. The molecule has 0 atom stereocenters. The Morgan fingerprint density at radius 2 is 1.54 bits per heavy atom. The third-order valence-corrected chi connectivity index (χ3v) is 4.26. The van der Waals surface area contributed by atoms with E-state index in [2.05, 4.69) is 5.32 Å². The highest BCUT2D eigenvalue weighted by molar-refractivity contribution is 7.81. The number of hydrogen-bond donors (Lipinski definition) is 2. The Balaban J connectivity index is 2.10. The zero-order valence-corrected chi connectivity index (χ0v) is 14.8. The van der Waals surface area contributed by atoms with Crippen LogP contribution in [0.2, 0.25) is 0 Å². The first-order chi connectivity index (χ1) is 12.5. The lowest BCUT2D eigenvalue weighted by molar-refractivity contribution is -0.111. The quantitative estimate of drug-likeness (QED) is 0.632. The third-order valence-electron chi connectivity index (χ3n) is 3.95. The van der Waals surface area contributed by atoms with Gasteiger partial charge in [0.2, 0.25) is 11.6 Å². The van der Waals surface area contributed by atoms with Crippen LogP contribution in [0, 0.1) is 0 Å². The first kappa shape index (κ1) is 17.6. The number of fused-ring (bicyclic) bond motifs is 1. The van der Waals surface area contributed by atoms with Crippen LogP contribution in [-0.4, -0.2) is 35.9 Å². The molecule has 0 aromatic heterocycles. The van der Waals surface area contributed by atoms with Crippen molar-refractivity contribution in [3.63, 3.8) is 0 Å². The highest BCUT2D eigenvalue weighted by Crippen LogP contribution is 2.37. The van der Waals surface area contributed by atoms with Gasteiger partial charge in [0.05, 0.1) is 14.2 Å². The molecular formula is C19H15NO5S. The van der Waals surface area contributed by atoms with Crippen molar-refractivity contribution in [1.82, 2.24) is 0 Å². The van der Waals surface area contributed by atoms with Gasteiger partial charge in [-0.1, -0.05) is 30.4 Å². The topological polar surface area (TPSA) is 84.9 Å². The number of anilines is 1. The molecule has 2 aromatic carbocycles. The van der Waals surface area contributed by atoms with Crippen LogP contribution >= 0.6 is 12.2 Å². The van der Waals surface area contributed by atoms with Crippen molar-refractivity contribution >= 4 is 40.2 Å². The zero-order valence-electron chi connectivity index (χ0n) is 14.0. The van der Waals surface area contributed by atoms with Gasteiger partial charge in [0.1, 0.15) is 16.3 Å². The van der Waals surface area contributed by atoms with Crippen LogP contribution < -0.4 is 14.8 Å². The lowest BCUT2D eigenvalue weighted by atomic mass is 9.87. The van der Waals surface area contributed by atoms with Crippen LogP contribution in [0.4, 0.5) is 5.69 Å². The normalized spacial score (nSPS) is 13.3. The molecule has 0 bridgehead atoms. The standard InChI is InChI=1S/C19H15NO5S/c1-24-13-8-11-12(9-14(13)25-2)17(22)18(23)15(16(11)21)19(26)20-10-6-4-3-5-7-10/h3-9,21H,1-2H3,(H,20,26). The summed E-state index contributed by atoms with van der Waals surface area (Å²) >= 11 is 5.24. The summed E-state index contributed by atoms with van der Waals surface area (Å²) in [7, 11) is 2.85. The van der Waals surface area contributed by atoms with E-state index in [0.717, 1.165) is 0 Å². The molecule has 2 N–H and O–H groups in total. The molecule has 0 fully saturated rings. The van der Waals surface area contributed by atoms with Gasteiger partial charge in [-0.05, 0) is 24.3 Å². The van der Waals surface area contributed by atoms with Crippen LogP contribution in [0.25, 0.3) is 5.76 Å². The molecule has 7 heteroatoms. The maximum absolute atomic E-state index is 12.5. The summed E-state index contributed by atoms with van der Waals surface area (Å²) in [4.78, 5) is 25.0. The van der Waals surface area contributed by atoms with Gasteiger partial charge in [-0.3, -0.25) is 9.59 Å². The molecule has 1 aliphatic carbocycles. The van der Waals surface area contributed by atoms with E-state index < -0.39 is 11.6 Å². The molecule has 1 aliphatic rings. The van der Waals surface area contributed by atoms with Gasteiger partial charge in [0.25, 0.3) is 0 Å². The molecule has 0 saturated carbocycles. The number of ether oxygens (including phenoxy) is 2. The van der Waals surface area contributed by atoms with Gasteiger partial charge in [0, 0.05) is 16.8 Å². The molecule has 3 rings (SSSR count). The lowest BCUT2D eigenvalue weighted by Crippen LogP contribution is -2.30. The molecule has 0 saturated heterocycles. The predicted molar refractivity (Wildman–Crippen MR) is 101 cm³/mol. The summed E-state index contributed by atoms with van der Waals surface area (Å²) < 4.78 is 10.4. The summed E-state index contributed by atoms with van der Waals surface area (Å²) in [5.74, 6) is -1.42. The molecule has 0 unspecified atom stereocenters. The van der Waals surface area contributed by atoms with Crippen LogP contribution in [0.15, 0.2) is 48.0 Å². The van der Waals surface area contributed by atoms with E-state index in [1.165, 1.54) is 26.4 Å². The molecule has 0 amide bonds. The smallest absolute Gasteiger partial charge is 0.240 e. The third kappa shape index (κ3) is 2.93. The summed E-state index contributed by atoms with van der Waals surface area (Å²) in [5.41, 5.74) is 0.598. The fourth-order valence-corrected chi connectivity index (χ4v) is 2.97. The first-order valence-electron chi connectivity index (χ1n) is 7.63. The number of carbonyl (C=O) groups excluding carboxylic acids is 2. The number of para-hydroxylation sites is 1. The maximum atomic E-state index is 12.5. The Kier molecular flexibility index (Phi) is 4.73. The molecule has 26 heavy (non-hydrogen) atoms. The van der Waals surface area contributed by atoms with Gasteiger partial charge in [-0.2, -0.15) is 0 Å². The fraction of sp³-hybridized carbons (Fsp3) is 0.105. The molecule has 0 heterocycles. The van der Waals surface area contributed by atoms with Gasteiger partial charge in [-0.15, -0.1) is 0 Å². The van der Waals surface area contributed by atoms with Crippen LogP contribution in [0.3, 0.4) is 0 Å². The summed E-state index contributed by atoms with van der Waals surface area (Å²) in [6, 6.07) is 11.7. The number of Topliss-reactive ketones (excluding diaryl/α,β-unsaturated/α-hetero) is 2. The number of nitrogens with one attached hydrogen (secondary N) is 1. The first-order valence-corrected chi connectivity index (χ1v) is 8.03. The number of rotatable bonds is 4. The van der Waals surface area contributed by atoms with Crippen LogP contribution in [0.1, 0.15) is 15.9 Å². The minimum absolute atomic E-state index is 0.0347. The molecule has 132 valence electrons. The largest absolute Gasteiger partial charge is 0.506 e. The Morgan fingerprint density at radius 3 is 2.12 bits per heavy atom. The van der Waals surface area contributed by atoms with E-state index in [1.54, 1.807) is 24.3 Å². The average Bonchev–Trinajstić information content (AvgIpc) is 2.66. The minimum Gasteiger partial charge on any atom is -0.506 e. The van der Waals surface area contributed by atoms with Gasteiger partial charge in [0.15, 0.2) is 11.5 Å². The molecule has 0 spiro atoms. The van der Waals surface area contributed by atoms with Crippen molar-refractivity contribution in [1.29, 1.82) is 0 Å². The minimum atomic E-state index is -0.879. The number of aliphatic hydroxyl groups excluding tert-OH is 1. The highest BCUT2D eigenvalue weighted by Gasteiger charge is 2.36. The summed E-state index contributed by atoms with van der Waals surface area (Å²) in [5, 5.41) is 13.5. The van der Waals surface area contributed by atoms with Crippen molar-refractivity contribution in [2.24, 2.45) is 0 Å². The van der Waals surface area contributed by atoms with Gasteiger partial charge in [-0.25, -0.2) is 0 Å². The van der Waals surface area contributed by atoms with Gasteiger partial charge >= 0.3 is 0 Å². The van der Waals surface area contributed by atoms with E-state index in [4.69, 9.17) is 21.7 Å². The Bertz CT molecular complexity index is 950. The SMILES string of the molecule is COc1cc2c(cc1OC)C(O)=C(C(=S)Nc1ccccc1)C(=O)C2=O. The maximum Gasteiger partial charge on any atom is 0.240 e. The Morgan fingerprint density at radius 1 is 0.962 bits per heavy atom. The number of benzene rings is 2. The van der Waals surface area contributed by atoms with Crippen molar-refractivity contribution in [2.75, 3.05) is 19.5 Å². The molecule has 0 radical (unpaired) electrons. The van der Waals surface area contributed by atoms with Crippen molar-refractivity contribution < 1.29 is 24.2 Å². The summed E-state index contributed by atoms with van der Waals surface area (Å²) in [6.07, 6.45) is 0. The highest BCUT2D eigenvalue weighted by atomic mass is 32.1. The predicted octanol–water partition coefficient (Wildman–Crippen LogP) is 3.18. The van der Waals surface area contributed by atoms with Crippen LogP contribution in [0.5, 0.6) is 11.5 Å². The number of hydrogen-bond acceptors (Lipinski definition) is 6. The summed E-state index contributed by atoms with van der Waals surface area (Å²) in [6.45, 7) is 0. The Hall–Kier alpha value is -3.19. The van der Waals surface area contributed by atoms with Crippen molar-refractivity contribution in [2.45, 2.75) is 0 Å². The van der Waals surface area contributed by atoms with E-state index >= 15 is 0 Å². The second kappa shape index (κ2) is 6.97. The van der Waals surface area contributed by atoms with E-state index in [1.807, 2.05) is 6.07 Å². The van der Waals surface area contributed by atoms with E-state index in [9.17, 15) is 14.7 Å². The lowest BCUT2D eigenvalue weighted by Gasteiger charge is -2.20. The van der Waals surface area contributed by atoms with Crippen LogP contribution in [-0.2, 0) is 4.79 Å². The van der Waals surface area contributed by atoms with E-state index in [0.29, 0.717) is 11.4 Å². The second-order valence-corrected chi connectivity index (χ2v) is 5.86.